The van der Waals surface area contributed by atoms with E-state index in [0.717, 1.165) is 99.9 Å². The van der Waals surface area contributed by atoms with Crippen molar-refractivity contribution in [2.45, 2.75) is 103 Å². The highest BCUT2D eigenvalue weighted by Crippen LogP contribution is 2.48. The summed E-state index contributed by atoms with van der Waals surface area (Å²) in [5, 5.41) is 7.57. The topological polar surface area (TPSA) is 184 Å². The molecule has 4 amide bonds. The molecule has 5 aromatic rings. The maximum absolute atomic E-state index is 14.3. The van der Waals surface area contributed by atoms with E-state index in [1.165, 1.54) is 14.2 Å². The Morgan fingerprint density at radius 2 is 1.57 bits per heavy atom. The molecule has 61 heavy (non-hydrogen) atoms. The summed E-state index contributed by atoms with van der Waals surface area (Å²) in [6.07, 6.45) is 6.07. The van der Waals surface area contributed by atoms with E-state index >= 15 is 0 Å². The van der Waals surface area contributed by atoms with E-state index in [1.54, 1.807) is 6.20 Å². The van der Waals surface area contributed by atoms with Crippen LogP contribution in [0.25, 0.3) is 44.2 Å². The molecular weight excluding hydrogens is 777 g/mol. The minimum absolute atomic E-state index is 0.0929. The molecule has 3 unspecified atom stereocenters. The van der Waals surface area contributed by atoms with Crippen LogP contribution in [0.4, 0.5) is 9.59 Å². The highest BCUT2D eigenvalue weighted by molar-refractivity contribution is 6.06. The minimum atomic E-state index is -0.705. The van der Waals surface area contributed by atoms with Crippen molar-refractivity contribution in [1.82, 2.24) is 40.4 Å². The van der Waals surface area contributed by atoms with Gasteiger partial charge in [0, 0.05) is 29.1 Å². The second-order valence-electron chi connectivity index (χ2n) is 17.7. The van der Waals surface area contributed by atoms with Crippen molar-refractivity contribution in [2.24, 2.45) is 17.8 Å². The Labute approximate surface area is 354 Å². The van der Waals surface area contributed by atoms with E-state index in [2.05, 4.69) is 57.0 Å². The molecule has 4 N–H and O–H groups in total. The van der Waals surface area contributed by atoms with Gasteiger partial charge in [0.15, 0.2) is 0 Å². The van der Waals surface area contributed by atoms with Gasteiger partial charge in [-0.15, -0.1) is 0 Å². The highest BCUT2D eigenvalue weighted by Gasteiger charge is 2.49. The van der Waals surface area contributed by atoms with Gasteiger partial charge < -0.3 is 44.6 Å². The fraction of sp³-hybridized carbons (Fsp3) is 0.478. The standard InChI is InChI=1S/C46H54N8O7/c1-23(2)38(51-45(57)59-5)43(55)53-16-8-11-35(53)41-47-21-33(49-41)26-12-14-29-30-17-25-13-15-32-40(31(25)18-28(30)22-61-37(29)20-26)50-42(48-32)36-19-27-9-7-10-34(27)54(36)44(56)39(24(3)4)52-46(58)60-6/h12-15,17-18,20-21,23-24,27,34-36,38-39H,7-11,16,19,22H2,1-6H3,(H,47,49)(H,48,50)(H,51,57)(H,52,58)/t27?,34?,35?,36-,38-,39-/m0/s1. The molecule has 2 aromatic heterocycles. The molecule has 1 saturated carbocycles. The first-order valence-corrected chi connectivity index (χ1v) is 21.5. The van der Waals surface area contributed by atoms with Gasteiger partial charge in [-0.1, -0.05) is 46.2 Å². The summed E-state index contributed by atoms with van der Waals surface area (Å²) >= 11 is 0. The van der Waals surface area contributed by atoms with Gasteiger partial charge in [-0.2, -0.15) is 0 Å². The van der Waals surface area contributed by atoms with E-state index < -0.39 is 24.3 Å². The zero-order valence-electron chi connectivity index (χ0n) is 35.5. The molecule has 6 atom stereocenters. The molecule has 0 radical (unpaired) electrons. The molecule has 4 aliphatic rings. The number of rotatable bonds is 9. The largest absolute Gasteiger partial charge is 0.488 e. The molecule has 3 fully saturated rings. The van der Waals surface area contributed by atoms with Crippen molar-refractivity contribution in [3.63, 3.8) is 0 Å². The zero-order valence-corrected chi connectivity index (χ0v) is 35.5. The number of benzene rings is 3. The quantitative estimate of drug-likeness (QED) is 0.117. The van der Waals surface area contributed by atoms with Crippen molar-refractivity contribution < 1.29 is 33.4 Å². The fourth-order valence-corrected chi connectivity index (χ4v) is 10.2. The number of aromatic nitrogens is 4. The van der Waals surface area contributed by atoms with Crippen LogP contribution in [0.15, 0.2) is 48.7 Å². The number of fused-ring (bicyclic) bond motifs is 7. The van der Waals surface area contributed by atoms with Gasteiger partial charge in [-0.3, -0.25) is 9.59 Å². The maximum Gasteiger partial charge on any atom is 0.407 e. The number of ether oxygens (including phenoxy) is 3. The van der Waals surface area contributed by atoms with Crippen LogP contribution < -0.4 is 15.4 Å². The number of aromatic amines is 2. The average Bonchev–Trinajstić information content (AvgIpc) is 4.11. The van der Waals surface area contributed by atoms with E-state index in [1.807, 2.05) is 43.6 Å². The molecule has 3 aromatic carbocycles. The monoisotopic (exact) mass is 830 g/mol. The van der Waals surface area contributed by atoms with Crippen molar-refractivity contribution in [3.05, 3.63) is 65.9 Å². The van der Waals surface area contributed by atoms with Crippen molar-refractivity contribution >= 4 is 45.8 Å². The van der Waals surface area contributed by atoms with Gasteiger partial charge >= 0.3 is 12.2 Å². The number of nitrogens with one attached hydrogen (secondary N) is 4. The minimum Gasteiger partial charge on any atom is -0.488 e. The second-order valence-corrected chi connectivity index (χ2v) is 17.7. The summed E-state index contributed by atoms with van der Waals surface area (Å²) in [7, 11) is 2.60. The van der Waals surface area contributed by atoms with Crippen LogP contribution in [0.3, 0.4) is 0 Å². The summed E-state index contributed by atoms with van der Waals surface area (Å²) in [6, 6.07) is 13.0. The molecule has 1 aliphatic carbocycles. The molecule has 9 rings (SSSR count). The van der Waals surface area contributed by atoms with Crippen molar-refractivity contribution in [1.29, 1.82) is 0 Å². The first-order chi connectivity index (χ1) is 29.4. The third kappa shape index (κ3) is 7.20. The first kappa shape index (κ1) is 40.3. The van der Waals surface area contributed by atoms with Gasteiger partial charge in [0.2, 0.25) is 11.8 Å². The number of amides is 4. The van der Waals surface area contributed by atoms with Gasteiger partial charge in [0.05, 0.1) is 49.2 Å². The van der Waals surface area contributed by atoms with Crippen molar-refractivity contribution in [2.75, 3.05) is 20.8 Å². The third-order valence-corrected chi connectivity index (χ3v) is 13.3. The summed E-state index contributed by atoms with van der Waals surface area (Å²) in [5.41, 5.74) is 6.64. The Bertz CT molecular complexity index is 2530. The Kier molecular flexibility index (Phi) is 10.6. The summed E-state index contributed by atoms with van der Waals surface area (Å²) in [6.45, 7) is 8.65. The molecule has 3 aliphatic heterocycles. The summed E-state index contributed by atoms with van der Waals surface area (Å²) in [5.74, 6) is 2.15. The lowest BCUT2D eigenvalue weighted by molar-refractivity contribution is -0.138. The number of carbonyl (C=O) groups excluding carboxylic acids is 4. The number of methoxy groups -OCH3 is 2. The van der Waals surface area contributed by atoms with Gasteiger partial charge in [-0.25, -0.2) is 19.6 Å². The number of hydrogen-bond acceptors (Lipinski definition) is 9. The second kappa shape index (κ2) is 16.1. The van der Waals surface area contributed by atoms with E-state index in [4.69, 9.17) is 24.2 Å². The Morgan fingerprint density at radius 3 is 2.31 bits per heavy atom. The molecule has 15 heteroatoms. The summed E-state index contributed by atoms with van der Waals surface area (Å²) < 4.78 is 16.1. The van der Waals surface area contributed by atoms with Gasteiger partial charge in [0.25, 0.3) is 0 Å². The predicted octanol–water partition coefficient (Wildman–Crippen LogP) is 7.53. The van der Waals surface area contributed by atoms with Crippen LogP contribution in [-0.2, 0) is 25.7 Å². The third-order valence-electron chi connectivity index (χ3n) is 13.3. The number of likely N-dealkylation sites (tertiary alicyclic amines) is 2. The number of alkyl carbamates (subject to hydrolysis) is 2. The van der Waals surface area contributed by atoms with Crippen LogP contribution in [-0.4, -0.2) is 92.6 Å². The number of H-pyrrole nitrogens is 2. The zero-order chi connectivity index (χ0) is 42.7. The Balaban J connectivity index is 0.974. The van der Waals surface area contributed by atoms with Gasteiger partial charge in [-0.05, 0) is 96.7 Å². The van der Waals surface area contributed by atoms with Crippen LogP contribution in [0.5, 0.6) is 5.75 Å². The molecule has 5 heterocycles. The lowest BCUT2D eigenvalue weighted by Crippen LogP contribution is -2.53. The first-order valence-electron chi connectivity index (χ1n) is 21.5. The Morgan fingerprint density at radius 1 is 0.820 bits per heavy atom. The molecular formula is C46H54N8O7. The molecule has 0 bridgehead atoms. The van der Waals surface area contributed by atoms with E-state index in [9.17, 15) is 19.2 Å². The summed E-state index contributed by atoms with van der Waals surface area (Å²) in [4.78, 5) is 73.1. The number of imidazole rings is 2. The number of carbonyl (C=O) groups is 4. The molecule has 15 nitrogen and oxygen atoms in total. The molecule has 0 spiro atoms. The Hall–Kier alpha value is -6.12. The molecule has 320 valence electrons. The van der Waals surface area contributed by atoms with Crippen LogP contribution in [0.1, 0.15) is 95.5 Å². The van der Waals surface area contributed by atoms with Crippen LogP contribution >= 0.6 is 0 Å². The van der Waals surface area contributed by atoms with E-state index in [-0.39, 0.29) is 41.8 Å². The maximum atomic E-state index is 14.3. The van der Waals surface area contributed by atoms with Crippen LogP contribution in [0.2, 0.25) is 0 Å². The lowest BCUT2D eigenvalue weighted by atomic mass is 9.92. The fourth-order valence-electron chi connectivity index (χ4n) is 10.2. The van der Waals surface area contributed by atoms with Crippen molar-refractivity contribution in [3.8, 4) is 28.1 Å². The predicted molar refractivity (Wildman–Crippen MR) is 228 cm³/mol. The normalized spacial score (nSPS) is 21.6. The SMILES string of the molecule is COC(=O)N[C@H](C(=O)N1CCCC1c1ncc(-c2ccc3c(c2)OCc2cc4c(ccc5[nH]c([C@@H]6CC7CCCC7N6C(=O)[C@@H](NC(=O)OC)C(C)C)nc54)cc2-3)[nH]1)C(C)C. The highest BCUT2D eigenvalue weighted by atomic mass is 16.5. The lowest BCUT2D eigenvalue weighted by Gasteiger charge is -2.33. The van der Waals surface area contributed by atoms with Crippen LogP contribution in [0, 0.1) is 17.8 Å². The smallest absolute Gasteiger partial charge is 0.407 e. The number of hydrogen-bond donors (Lipinski definition) is 4. The molecule has 2 saturated heterocycles. The average molecular weight is 831 g/mol. The van der Waals surface area contributed by atoms with Gasteiger partial charge in [0.1, 0.15) is 36.1 Å². The van der Waals surface area contributed by atoms with E-state index in [0.29, 0.717) is 24.9 Å². The number of nitrogens with zero attached hydrogens (tertiary/aromatic N) is 4.